The van der Waals surface area contributed by atoms with Gasteiger partial charge >= 0.3 is 0 Å². The normalized spacial score (nSPS) is 19.6. The van der Waals surface area contributed by atoms with Crippen LogP contribution >= 0.6 is 7.14 Å². The first kappa shape index (κ1) is 32.0. The number of benzene rings is 2. The Hall–Kier alpha value is -1.50. The molecule has 39 heavy (non-hydrogen) atoms. The second-order valence-electron chi connectivity index (χ2n) is 14.1. The van der Waals surface area contributed by atoms with Gasteiger partial charge < -0.3 is 13.4 Å². The predicted octanol–water partition coefficient (Wildman–Crippen LogP) is 9.06. The number of rotatable bonds is 9. The molecule has 1 aliphatic carbocycles. The molecule has 0 fully saturated rings. The van der Waals surface area contributed by atoms with E-state index in [2.05, 4.69) is 80.4 Å². The highest BCUT2D eigenvalue weighted by Gasteiger charge is 2.44. The van der Waals surface area contributed by atoms with Crippen molar-refractivity contribution < 1.29 is 13.4 Å². The van der Waals surface area contributed by atoms with Gasteiger partial charge in [0, 0.05) is 23.2 Å². The summed E-state index contributed by atoms with van der Waals surface area (Å²) in [7, 11) is -6.89. The maximum absolute atomic E-state index is 14.7. The zero-order valence-corrected chi connectivity index (χ0v) is 28.9. The van der Waals surface area contributed by atoms with E-state index in [9.17, 15) is 4.57 Å². The molecule has 0 aliphatic heterocycles. The Labute approximate surface area is 240 Å². The maximum Gasteiger partial charge on any atom is 0.192 e. The molecule has 0 saturated carbocycles. The second kappa shape index (κ2) is 11.8. The summed E-state index contributed by atoms with van der Waals surface area (Å²) in [5.41, 5.74) is 2.17. The molecule has 1 aliphatic rings. The highest BCUT2D eigenvalue weighted by Crippen LogP contribution is 2.47. The highest BCUT2D eigenvalue weighted by molar-refractivity contribution is 7.78. The highest BCUT2D eigenvalue weighted by atomic mass is 31.2. The molecule has 2 aromatic carbocycles. The Bertz CT molecular complexity index is 1160. The van der Waals surface area contributed by atoms with Gasteiger partial charge in [-0.1, -0.05) is 115 Å². The minimum Gasteiger partial charge on any atom is -0.410 e. The van der Waals surface area contributed by atoms with E-state index in [-0.39, 0.29) is 22.3 Å². The lowest BCUT2D eigenvalue weighted by Gasteiger charge is -2.44. The van der Waals surface area contributed by atoms with Gasteiger partial charge in [0.25, 0.3) is 0 Å². The van der Waals surface area contributed by atoms with E-state index in [4.69, 9.17) is 8.85 Å². The van der Waals surface area contributed by atoms with Crippen LogP contribution in [-0.4, -0.2) is 35.0 Å². The van der Waals surface area contributed by atoms with Gasteiger partial charge in [-0.2, -0.15) is 0 Å². The van der Waals surface area contributed by atoms with Crippen molar-refractivity contribution in [3.8, 4) is 0 Å². The Balaban J connectivity index is 1.98. The summed E-state index contributed by atoms with van der Waals surface area (Å²) in [6.45, 7) is 27.5. The zero-order chi connectivity index (χ0) is 29.3. The number of hydrogen-bond donors (Lipinski definition) is 0. The van der Waals surface area contributed by atoms with Gasteiger partial charge in [0.15, 0.2) is 16.6 Å². The minimum atomic E-state index is -2.84. The summed E-state index contributed by atoms with van der Waals surface area (Å²) in [5.74, 6) is 0. The first-order valence-electron chi connectivity index (χ1n) is 14.3. The molecule has 0 saturated heterocycles. The Morgan fingerprint density at radius 2 is 1.23 bits per heavy atom. The van der Waals surface area contributed by atoms with E-state index in [0.717, 1.165) is 28.2 Å². The van der Waals surface area contributed by atoms with Gasteiger partial charge in [0.2, 0.25) is 0 Å². The Morgan fingerprint density at radius 1 is 0.795 bits per heavy atom. The van der Waals surface area contributed by atoms with Crippen LogP contribution in [0.3, 0.4) is 0 Å². The molecule has 0 heterocycles. The van der Waals surface area contributed by atoms with Crippen molar-refractivity contribution in [2.45, 2.75) is 103 Å². The third-order valence-corrected chi connectivity index (χ3v) is 21.3. The Morgan fingerprint density at radius 3 is 1.67 bits per heavy atom. The molecule has 0 spiro atoms. The van der Waals surface area contributed by atoms with Crippen LogP contribution in [0.1, 0.15) is 54.4 Å². The van der Waals surface area contributed by atoms with E-state index >= 15 is 0 Å². The van der Waals surface area contributed by atoms with Crippen LogP contribution in [0.4, 0.5) is 0 Å². The molecule has 0 radical (unpaired) electrons. The van der Waals surface area contributed by atoms with Crippen molar-refractivity contribution in [2.75, 3.05) is 6.16 Å². The van der Waals surface area contributed by atoms with E-state index in [0.29, 0.717) is 12.6 Å². The van der Waals surface area contributed by atoms with E-state index in [1.165, 1.54) is 0 Å². The van der Waals surface area contributed by atoms with Crippen LogP contribution in [0.25, 0.3) is 0 Å². The van der Waals surface area contributed by atoms with Crippen LogP contribution in [0, 0.1) is 0 Å². The molecule has 0 amide bonds. The maximum atomic E-state index is 14.7. The summed E-state index contributed by atoms with van der Waals surface area (Å²) in [6.07, 6.45) is 4.16. The fraction of sp³-hybridized carbons (Fsp3) is 0.515. The lowest BCUT2D eigenvalue weighted by Crippen LogP contribution is -2.48. The minimum absolute atomic E-state index is 0.0333. The standard InChI is InChI=1S/C33H51O3PSi2/c1-26-27(22-23-37(34,29-18-14-12-15-19-29)30-20-16-13-17-21-30)24-28(35-38(8,9)32(2,3)4)25-31(26)36-39(10,11)33(5,6)7/h12-21,24,28,31H,1,22-23,25H2,2-11H3/t28-,31-/m0/s1. The van der Waals surface area contributed by atoms with Crippen LogP contribution < -0.4 is 10.6 Å². The SMILES string of the molecule is C=C1C(CCP(=O)(c2ccccc2)c2ccccc2)=C[C@H](O[Si](C)(C)C(C)(C)C)C[C@@H]1O[Si](C)(C)C(C)(C)C. The molecule has 0 N–H and O–H groups in total. The largest absolute Gasteiger partial charge is 0.410 e. The summed E-state index contributed by atoms with van der Waals surface area (Å²) in [4.78, 5) is 0. The molecular formula is C33H51O3PSi2. The van der Waals surface area contributed by atoms with Crippen molar-refractivity contribution in [1.29, 1.82) is 0 Å². The second-order valence-corrected chi connectivity index (χ2v) is 26.6. The lowest BCUT2D eigenvalue weighted by atomic mass is 9.89. The van der Waals surface area contributed by atoms with E-state index in [1.54, 1.807) is 0 Å². The van der Waals surface area contributed by atoms with Crippen molar-refractivity contribution in [3.05, 3.63) is 84.5 Å². The van der Waals surface area contributed by atoms with Crippen LogP contribution in [0.15, 0.2) is 84.5 Å². The van der Waals surface area contributed by atoms with Gasteiger partial charge in [-0.15, -0.1) is 0 Å². The van der Waals surface area contributed by atoms with Crippen LogP contribution in [-0.2, 0) is 13.4 Å². The predicted molar refractivity (Wildman–Crippen MR) is 175 cm³/mol. The average molecular weight is 583 g/mol. The summed E-state index contributed by atoms with van der Waals surface area (Å²) >= 11 is 0. The van der Waals surface area contributed by atoms with Crippen molar-refractivity contribution in [3.63, 3.8) is 0 Å². The van der Waals surface area contributed by atoms with Crippen LogP contribution in [0.5, 0.6) is 0 Å². The monoisotopic (exact) mass is 582 g/mol. The third-order valence-electron chi connectivity index (χ3n) is 9.17. The molecule has 3 nitrogen and oxygen atoms in total. The van der Waals surface area contributed by atoms with E-state index < -0.39 is 23.8 Å². The van der Waals surface area contributed by atoms with Gasteiger partial charge in [0.1, 0.15) is 7.14 Å². The molecule has 214 valence electrons. The molecule has 6 heteroatoms. The smallest absolute Gasteiger partial charge is 0.192 e. The molecule has 0 bridgehead atoms. The van der Waals surface area contributed by atoms with Gasteiger partial charge in [0.05, 0.1) is 12.2 Å². The lowest BCUT2D eigenvalue weighted by molar-refractivity contribution is 0.129. The van der Waals surface area contributed by atoms with E-state index in [1.807, 2.05) is 60.7 Å². The summed E-state index contributed by atoms with van der Waals surface area (Å²) < 4.78 is 28.7. The van der Waals surface area contributed by atoms with Gasteiger partial charge in [-0.05, 0) is 53.8 Å². The quantitative estimate of drug-likeness (QED) is 0.219. The summed E-state index contributed by atoms with van der Waals surface area (Å²) in [6, 6.07) is 19.9. The topological polar surface area (TPSA) is 35.5 Å². The van der Waals surface area contributed by atoms with Crippen molar-refractivity contribution in [1.82, 2.24) is 0 Å². The van der Waals surface area contributed by atoms with Crippen molar-refractivity contribution >= 4 is 34.4 Å². The third kappa shape index (κ3) is 7.43. The van der Waals surface area contributed by atoms with Gasteiger partial charge in [-0.25, -0.2) is 0 Å². The Kier molecular flexibility index (Phi) is 9.67. The average Bonchev–Trinajstić information content (AvgIpc) is 2.84. The molecule has 2 atom stereocenters. The molecule has 2 aromatic rings. The molecule has 0 aromatic heterocycles. The molecular weight excluding hydrogens is 532 g/mol. The molecule has 0 unspecified atom stereocenters. The van der Waals surface area contributed by atoms with Gasteiger partial charge in [-0.3, -0.25) is 0 Å². The van der Waals surface area contributed by atoms with Crippen LogP contribution in [0.2, 0.25) is 36.3 Å². The number of hydrogen-bond acceptors (Lipinski definition) is 3. The van der Waals surface area contributed by atoms with Crippen molar-refractivity contribution in [2.24, 2.45) is 0 Å². The summed E-state index contributed by atoms with van der Waals surface area (Å²) in [5, 5.41) is 2.02. The zero-order valence-electron chi connectivity index (χ0n) is 26.0. The first-order chi connectivity index (χ1) is 17.9. The first-order valence-corrected chi connectivity index (χ1v) is 22.0. The molecule has 3 rings (SSSR count). The fourth-order valence-electron chi connectivity index (χ4n) is 4.52. The fourth-order valence-corrected chi connectivity index (χ4v) is 9.77.